The number of unbranched alkanes of at least 4 members (excludes halogenated alkanes) is 1. The third kappa shape index (κ3) is 4.12. The van der Waals surface area contributed by atoms with Crippen LogP contribution in [0.3, 0.4) is 0 Å². The number of para-hydroxylation sites is 1. The molecule has 2 saturated heterocycles. The van der Waals surface area contributed by atoms with Gasteiger partial charge in [-0.2, -0.15) is 0 Å². The van der Waals surface area contributed by atoms with E-state index in [2.05, 4.69) is 39.4 Å². The maximum Gasteiger partial charge on any atom is 0.325 e. The van der Waals surface area contributed by atoms with E-state index < -0.39 is 5.54 Å². The maximum absolute atomic E-state index is 12.1. The summed E-state index contributed by atoms with van der Waals surface area (Å²) < 4.78 is 0. The van der Waals surface area contributed by atoms with Gasteiger partial charge >= 0.3 is 6.03 Å². The fraction of sp³-hybridized carbons (Fsp3) is 0.579. The van der Waals surface area contributed by atoms with Crippen molar-refractivity contribution in [2.45, 2.75) is 32.2 Å². The van der Waals surface area contributed by atoms with Crippen molar-refractivity contribution in [1.82, 2.24) is 15.1 Å². The van der Waals surface area contributed by atoms with Gasteiger partial charge in [0.15, 0.2) is 0 Å². The minimum absolute atomic E-state index is 0.117. The average molecular weight is 344 g/mol. The maximum atomic E-state index is 12.1. The summed E-state index contributed by atoms with van der Waals surface area (Å²) in [7, 11) is 0. The molecule has 0 unspecified atom stereocenters. The molecule has 136 valence electrons. The third-order valence-electron chi connectivity index (χ3n) is 5.04. The molecule has 25 heavy (non-hydrogen) atoms. The van der Waals surface area contributed by atoms with Crippen molar-refractivity contribution < 1.29 is 9.59 Å². The number of hydrogen-bond acceptors (Lipinski definition) is 4. The van der Waals surface area contributed by atoms with Crippen molar-refractivity contribution >= 4 is 17.6 Å². The van der Waals surface area contributed by atoms with E-state index in [1.54, 1.807) is 13.8 Å². The molecule has 1 aromatic rings. The molecule has 2 aliphatic rings. The Kier molecular flexibility index (Phi) is 5.27. The number of anilines is 1. The van der Waals surface area contributed by atoms with Crippen LogP contribution in [0.5, 0.6) is 0 Å². The standard InChI is InChI=1S/C19H28N4O2/c1-19(2)17(24)23(18(25)20-19)11-7-6-10-21-12-14-22(15-13-21)16-8-4-3-5-9-16/h3-5,8-9H,6-7,10-15H2,1-2H3,(H,20,25). The Morgan fingerprint density at radius 2 is 1.60 bits per heavy atom. The van der Waals surface area contributed by atoms with Crippen LogP contribution in [0.2, 0.25) is 0 Å². The second-order valence-corrected chi connectivity index (χ2v) is 7.38. The molecule has 0 spiro atoms. The van der Waals surface area contributed by atoms with Crippen LogP contribution in [0.25, 0.3) is 0 Å². The van der Waals surface area contributed by atoms with Crippen LogP contribution in [0.4, 0.5) is 10.5 Å². The number of benzene rings is 1. The molecular weight excluding hydrogens is 316 g/mol. The zero-order chi connectivity index (χ0) is 17.9. The summed E-state index contributed by atoms with van der Waals surface area (Å²) in [6, 6.07) is 10.3. The monoisotopic (exact) mass is 344 g/mol. The molecule has 0 atom stereocenters. The number of carbonyl (C=O) groups excluding carboxylic acids is 2. The first-order chi connectivity index (χ1) is 12.0. The van der Waals surface area contributed by atoms with Gasteiger partial charge in [-0.15, -0.1) is 0 Å². The Labute approximate surface area is 149 Å². The first-order valence-corrected chi connectivity index (χ1v) is 9.14. The highest BCUT2D eigenvalue weighted by Gasteiger charge is 2.43. The fourth-order valence-electron chi connectivity index (χ4n) is 3.49. The normalized spacial score (nSPS) is 20.9. The number of rotatable bonds is 6. The summed E-state index contributed by atoms with van der Waals surface area (Å²) in [6.45, 7) is 9.25. The zero-order valence-electron chi connectivity index (χ0n) is 15.2. The van der Waals surface area contributed by atoms with Crippen LogP contribution in [-0.2, 0) is 4.79 Å². The SMILES string of the molecule is CC1(C)NC(=O)N(CCCCN2CCN(c3ccccc3)CC2)C1=O. The van der Waals surface area contributed by atoms with E-state index in [-0.39, 0.29) is 11.9 Å². The lowest BCUT2D eigenvalue weighted by Crippen LogP contribution is -2.46. The summed E-state index contributed by atoms with van der Waals surface area (Å²) in [5.41, 5.74) is 0.536. The van der Waals surface area contributed by atoms with Crippen LogP contribution < -0.4 is 10.2 Å². The summed E-state index contributed by atoms with van der Waals surface area (Å²) in [5.74, 6) is -0.117. The lowest BCUT2D eigenvalue weighted by atomic mass is 10.1. The van der Waals surface area contributed by atoms with Gasteiger partial charge in [0.2, 0.25) is 0 Å². The van der Waals surface area contributed by atoms with Gasteiger partial charge < -0.3 is 10.2 Å². The molecule has 2 aliphatic heterocycles. The predicted octanol–water partition coefficient (Wildman–Crippen LogP) is 1.92. The average Bonchev–Trinajstić information content (AvgIpc) is 2.81. The highest BCUT2D eigenvalue weighted by atomic mass is 16.2. The van der Waals surface area contributed by atoms with Gasteiger partial charge in [0, 0.05) is 38.4 Å². The molecule has 2 heterocycles. The molecule has 2 fully saturated rings. The lowest BCUT2D eigenvalue weighted by molar-refractivity contribution is -0.130. The van der Waals surface area contributed by atoms with Crippen LogP contribution in [-0.4, -0.2) is 66.5 Å². The lowest BCUT2D eigenvalue weighted by Gasteiger charge is -2.36. The minimum atomic E-state index is -0.759. The quantitative estimate of drug-likeness (QED) is 0.633. The second-order valence-electron chi connectivity index (χ2n) is 7.38. The van der Waals surface area contributed by atoms with E-state index in [9.17, 15) is 9.59 Å². The molecule has 0 aliphatic carbocycles. The Balaban J connectivity index is 1.36. The van der Waals surface area contributed by atoms with Crippen LogP contribution in [0, 0.1) is 0 Å². The fourth-order valence-corrected chi connectivity index (χ4v) is 3.49. The van der Waals surface area contributed by atoms with E-state index in [0.717, 1.165) is 45.6 Å². The number of carbonyl (C=O) groups is 2. The van der Waals surface area contributed by atoms with Gasteiger partial charge in [-0.05, 0) is 45.4 Å². The number of amides is 3. The molecule has 0 radical (unpaired) electrons. The molecule has 0 aromatic heterocycles. The van der Waals surface area contributed by atoms with Crippen molar-refractivity contribution in [3.8, 4) is 0 Å². The van der Waals surface area contributed by atoms with E-state index in [0.29, 0.717) is 6.54 Å². The first-order valence-electron chi connectivity index (χ1n) is 9.14. The zero-order valence-corrected chi connectivity index (χ0v) is 15.2. The number of nitrogens with one attached hydrogen (secondary N) is 1. The highest BCUT2D eigenvalue weighted by Crippen LogP contribution is 2.18. The van der Waals surface area contributed by atoms with Gasteiger partial charge in [0.05, 0.1) is 0 Å². The number of piperazine rings is 1. The second kappa shape index (κ2) is 7.44. The van der Waals surface area contributed by atoms with E-state index in [4.69, 9.17) is 0 Å². The number of urea groups is 1. The smallest absolute Gasteiger partial charge is 0.325 e. The van der Waals surface area contributed by atoms with E-state index in [1.165, 1.54) is 10.6 Å². The third-order valence-corrected chi connectivity index (χ3v) is 5.04. The van der Waals surface area contributed by atoms with Gasteiger partial charge in [0.1, 0.15) is 5.54 Å². The summed E-state index contributed by atoms with van der Waals surface area (Å²) in [6.07, 6.45) is 1.86. The molecule has 0 saturated carbocycles. The number of hydrogen-bond donors (Lipinski definition) is 1. The first kappa shape index (κ1) is 17.7. The van der Waals surface area contributed by atoms with Gasteiger partial charge in [-0.25, -0.2) is 4.79 Å². The highest BCUT2D eigenvalue weighted by molar-refractivity contribution is 6.06. The molecule has 3 rings (SSSR count). The molecule has 0 bridgehead atoms. The molecule has 1 N–H and O–H groups in total. The van der Waals surface area contributed by atoms with Gasteiger partial charge in [0.25, 0.3) is 5.91 Å². The van der Waals surface area contributed by atoms with Crippen molar-refractivity contribution in [2.24, 2.45) is 0 Å². The van der Waals surface area contributed by atoms with Crippen molar-refractivity contribution in [3.63, 3.8) is 0 Å². The molecule has 6 nitrogen and oxygen atoms in total. The molecule has 3 amide bonds. The van der Waals surface area contributed by atoms with Crippen LogP contribution in [0.1, 0.15) is 26.7 Å². The topological polar surface area (TPSA) is 55.9 Å². The largest absolute Gasteiger partial charge is 0.369 e. The molecule has 1 aromatic carbocycles. The molecular formula is C19H28N4O2. The minimum Gasteiger partial charge on any atom is -0.369 e. The predicted molar refractivity (Wildman–Crippen MR) is 98.7 cm³/mol. The Hall–Kier alpha value is -2.08. The van der Waals surface area contributed by atoms with E-state index in [1.807, 2.05) is 6.07 Å². The van der Waals surface area contributed by atoms with Crippen molar-refractivity contribution in [3.05, 3.63) is 30.3 Å². The summed E-state index contributed by atoms with van der Waals surface area (Å²) in [5, 5.41) is 2.73. The van der Waals surface area contributed by atoms with Gasteiger partial charge in [-0.3, -0.25) is 14.6 Å². The van der Waals surface area contributed by atoms with Crippen LogP contribution in [0.15, 0.2) is 30.3 Å². The van der Waals surface area contributed by atoms with Crippen molar-refractivity contribution in [1.29, 1.82) is 0 Å². The van der Waals surface area contributed by atoms with E-state index >= 15 is 0 Å². The Morgan fingerprint density at radius 3 is 2.20 bits per heavy atom. The van der Waals surface area contributed by atoms with Crippen molar-refractivity contribution in [2.75, 3.05) is 44.2 Å². The van der Waals surface area contributed by atoms with Gasteiger partial charge in [-0.1, -0.05) is 18.2 Å². The number of nitrogens with zero attached hydrogens (tertiary/aromatic N) is 3. The summed E-state index contributed by atoms with van der Waals surface area (Å²) >= 11 is 0. The number of imide groups is 1. The summed E-state index contributed by atoms with van der Waals surface area (Å²) in [4.78, 5) is 30.2. The van der Waals surface area contributed by atoms with Crippen LogP contribution >= 0.6 is 0 Å². The Morgan fingerprint density at radius 1 is 0.960 bits per heavy atom. The Bertz CT molecular complexity index is 609. The molecule has 6 heteroatoms.